The molecule has 0 saturated carbocycles. The second-order valence-electron chi connectivity index (χ2n) is 5.71. The SMILES string of the molecule is CC(=O)C1(C(C)=O)CC(C(F)(F)F)=CC1c1ccc(C=O)cc1. The van der Waals surface area contributed by atoms with E-state index in [1.54, 1.807) is 0 Å². The molecule has 1 atom stereocenters. The predicted octanol–water partition coefficient (Wildman–Crippen LogP) is 3.64. The summed E-state index contributed by atoms with van der Waals surface area (Å²) in [6.07, 6.45) is -3.67. The van der Waals surface area contributed by atoms with Crippen LogP contribution >= 0.6 is 0 Å². The van der Waals surface area contributed by atoms with Crippen LogP contribution in [0, 0.1) is 5.41 Å². The summed E-state index contributed by atoms with van der Waals surface area (Å²) in [6, 6.07) is 5.86. The van der Waals surface area contributed by atoms with Crippen LogP contribution in [0.3, 0.4) is 0 Å². The minimum Gasteiger partial charge on any atom is -0.299 e. The molecule has 1 unspecified atom stereocenters. The number of ketones is 2. The van der Waals surface area contributed by atoms with Gasteiger partial charge in [-0.1, -0.05) is 30.3 Å². The Labute approximate surface area is 131 Å². The lowest BCUT2D eigenvalue weighted by molar-refractivity contribution is -0.139. The van der Waals surface area contributed by atoms with Crippen molar-refractivity contribution in [1.82, 2.24) is 0 Å². The molecule has 0 aliphatic heterocycles. The van der Waals surface area contributed by atoms with Gasteiger partial charge in [0, 0.05) is 17.1 Å². The minimum absolute atomic E-state index is 0.364. The van der Waals surface area contributed by atoms with Crippen LogP contribution in [-0.4, -0.2) is 24.0 Å². The van der Waals surface area contributed by atoms with Crippen LogP contribution in [0.25, 0.3) is 0 Å². The monoisotopic (exact) mass is 324 g/mol. The normalized spacial score (nSPS) is 20.0. The van der Waals surface area contributed by atoms with Crippen LogP contribution in [0.2, 0.25) is 0 Å². The van der Waals surface area contributed by atoms with Gasteiger partial charge in [-0.3, -0.25) is 14.4 Å². The van der Waals surface area contributed by atoms with Crippen molar-refractivity contribution in [3.05, 3.63) is 47.0 Å². The number of hydrogen-bond acceptors (Lipinski definition) is 3. The zero-order chi connectivity index (χ0) is 17.4. The number of carbonyl (C=O) groups excluding carboxylic acids is 3. The van der Waals surface area contributed by atoms with Gasteiger partial charge in [0.2, 0.25) is 0 Å². The van der Waals surface area contributed by atoms with Gasteiger partial charge in [0.15, 0.2) is 0 Å². The van der Waals surface area contributed by atoms with Crippen LogP contribution in [0.15, 0.2) is 35.9 Å². The highest BCUT2D eigenvalue weighted by Crippen LogP contribution is 2.53. The number of allylic oxidation sites excluding steroid dienone is 2. The highest BCUT2D eigenvalue weighted by molar-refractivity contribution is 6.07. The van der Waals surface area contributed by atoms with Crippen molar-refractivity contribution in [2.75, 3.05) is 0 Å². The zero-order valence-electron chi connectivity index (χ0n) is 12.6. The first-order valence-corrected chi connectivity index (χ1v) is 6.98. The third kappa shape index (κ3) is 2.85. The van der Waals surface area contributed by atoms with Gasteiger partial charge in [-0.15, -0.1) is 0 Å². The van der Waals surface area contributed by atoms with E-state index in [1.807, 2.05) is 0 Å². The topological polar surface area (TPSA) is 51.2 Å². The van der Waals surface area contributed by atoms with Crippen molar-refractivity contribution < 1.29 is 27.6 Å². The summed E-state index contributed by atoms with van der Waals surface area (Å²) in [5.41, 5.74) is -1.84. The van der Waals surface area contributed by atoms with Crippen LogP contribution in [0.5, 0.6) is 0 Å². The number of alkyl halides is 3. The molecular weight excluding hydrogens is 309 g/mol. The molecule has 1 aliphatic rings. The predicted molar refractivity (Wildman–Crippen MR) is 77.1 cm³/mol. The van der Waals surface area contributed by atoms with E-state index in [9.17, 15) is 27.6 Å². The van der Waals surface area contributed by atoms with Crippen molar-refractivity contribution >= 4 is 17.9 Å². The molecule has 6 heteroatoms. The number of Topliss-reactive ketones (excluding diaryl/α,β-unsaturated/α-hetero) is 2. The Morgan fingerprint density at radius 3 is 2.04 bits per heavy atom. The molecule has 0 amide bonds. The van der Waals surface area contributed by atoms with Crippen molar-refractivity contribution in [1.29, 1.82) is 0 Å². The van der Waals surface area contributed by atoms with Gasteiger partial charge < -0.3 is 0 Å². The third-order valence-electron chi connectivity index (χ3n) is 4.42. The number of rotatable bonds is 4. The van der Waals surface area contributed by atoms with E-state index in [-0.39, 0.29) is 0 Å². The molecule has 0 saturated heterocycles. The second kappa shape index (κ2) is 5.76. The summed E-state index contributed by atoms with van der Waals surface area (Å²) in [6.45, 7) is 2.28. The smallest absolute Gasteiger partial charge is 0.299 e. The number of hydrogen-bond donors (Lipinski definition) is 0. The number of carbonyl (C=O) groups is 3. The van der Waals surface area contributed by atoms with Gasteiger partial charge in [-0.05, 0) is 25.8 Å². The first-order valence-electron chi connectivity index (χ1n) is 6.98. The van der Waals surface area contributed by atoms with Crippen LogP contribution in [-0.2, 0) is 9.59 Å². The van der Waals surface area contributed by atoms with E-state index in [0.29, 0.717) is 17.4 Å². The average molecular weight is 324 g/mol. The van der Waals surface area contributed by atoms with E-state index in [1.165, 1.54) is 24.3 Å². The Bertz CT molecular complexity index is 670. The largest absolute Gasteiger partial charge is 0.412 e. The zero-order valence-corrected chi connectivity index (χ0v) is 12.6. The highest BCUT2D eigenvalue weighted by atomic mass is 19.4. The van der Waals surface area contributed by atoms with E-state index in [4.69, 9.17) is 0 Å². The van der Waals surface area contributed by atoms with Crippen LogP contribution in [0.4, 0.5) is 13.2 Å². The molecule has 0 heterocycles. The van der Waals surface area contributed by atoms with Crippen molar-refractivity contribution in [2.45, 2.75) is 32.4 Å². The van der Waals surface area contributed by atoms with Gasteiger partial charge in [0.05, 0.1) is 0 Å². The lowest BCUT2D eigenvalue weighted by atomic mass is 9.68. The summed E-state index contributed by atoms with van der Waals surface area (Å²) in [4.78, 5) is 34.9. The van der Waals surface area contributed by atoms with Gasteiger partial charge in [0.25, 0.3) is 0 Å². The molecule has 23 heavy (non-hydrogen) atoms. The lowest BCUT2D eigenvalue weighted by Gasteiger charge is -2.31. The maximum Gasteiger partial charge on any atom is 0.412 e. The Kier molecular flexibility index (Phi) is 4.28. The number of benzene rings is 1. The van der Waals surface area contributed by atoms with E-state index in [0.717, 1.165) is 19.9 Å². The summed E-state index contributed by atoms with van der Waals surface area (Å²) >= 11 is 0. The molecule has 2 rings (SSSR count). The fourth-order valence-corrected chi connectivity index (χ4v) is 3.10. The summed E-state index contributed by atoms with van der Waals surface area (Å²) in [5, 5.41) is 0. The summed E-state index contributed by atoms with van der Waals surface area (Å²) in [7, 11) is 0. The quantitative estimate of drug-likeness (QED) is 0.483. The Morgan fingerprint density at radius 2 is 1.65 bits per heavy atom. The van der Waals surface area contributed by atoms with Crippen LogP contribution < -0.4 is 0 Å². The first kappa shape index (κ1) is 17.1. The Morgan fingerprint density at radius 1 is 1.13 bits per heavy atom. The average Bonchev–Trinajstić information content (AvgIpc) is 2.89. The molecule has 0 spiro atoms. The van der Waals surface area contributed by atoms with Crippen LogP contribution in [0.1, 0.15) is 42.1 Å². The highest BCUT2D eigenvalue weighted by Gasteiger charge is 2.55. The maximum atomic E-state index is 13.1. The number of aldehydes is 1. The third-order valence-corrected chi connectivity index (χ3v) is 4.42. The molecule has 0 radical (unpaired) electrons. The molecule has 0 fully saturated rings. The molecule has 1 aromatic carbocycles. The Hall–Kier alpha value is -2.24. The molecular formula is C17H15F3O3. The minimum atomic E-state index is -4.59. The second-order valence-corrected chi connectivity index (χ2v) is 5.71. The van der Waals surface area contributed by atoms with E-state index < -0.39 is 41.1 Å². The van der Waals surface area contributed by atoms with Gasteiger partial charge in [0.1, 0.15) is 23.3 Å². The molecule has 0 bridgehead atoms. The molecule has 122 valence electrons. The van der Waals surface area contributed by atoms with Gasteiger partial charge >= 0.3 is 6.18 Å². The van der Waals surface area contributed by atoms with E-state index >= 15 is 0 Å². The molecule has 0 N–H and O–H groups in total. The summed E-state index contributed by atoms with van der Waals surface area (Å²) < 4.78 is 39.3. The molecule has 3 nitrogen and oxygen atoms in total. The summed E-state index contributed by atoms with van der Waals surface area (Å²) in [5.74, 6) is -2.18. The van der Waals surface area contributed by atoms with Gasteiger partial charge in [-0.2, -0.15) is 13.2 Å². The fourth-order valence-electron chi connectivity index (χ4n) is 3.10. The number of halogens is 3. The Balaban J connectivity index is 2.60. The standard InChI is InChI=1S/C17H15F3O3/c1-10(22)16(11(2)23)8-14(17(18,19)20)7-15(16)13-5-3-12(9-21)4-6-13/h3-7,9,15H,8H2,1-2H3. The maximum absolute atomic E-state index is 13.1. The van der Waals surface area contributed by atoms with E-state index in [2.05, 4.69) is 0 Å². The fraction of sp³-hybridized carbons (Fsp3) is 0.353. The molecule has 1 aromatic rings. The van der Waals surface area contributed by atoms with Crippen molar-refractivity contribution in [3.63, 3.8) is 0 Å². The first-order chi connectivity index (χ1) is 10.6. The van der Waals surface area contributed by atoms with Crippen molar-refractivity contribution in [2.24, 2.45) is 5.41 Å². The molecule has 1 aliphatic carbocycles. The lowest BCUT2D eigenvalue weighted by Crippen LogP contribution is -2.39. The van der Waals surface area contributed by atoms with Crippen molar-refractivity contribution in [3.8, 4) is 0 Å². The molecule has 0 aromatic heterocycles. The van der Waals surface area contributed by atoms with Gasteiger partial charge in [-0.25, -0.2) is 0 Å².